The predicted octanol–water partition coefficient (Wildman–Crippen LogP) is 2.03. The predicted molar refractivity (Wildman–Crippen MR) is 91.1 cm³/mol. The van der Waals surface area contributed by atoms with Crippen LogP contribution in [0.4, 0.5) is 9.80 Å². The average molecular weight is 351 g/mol. The van der Waals surface area contributed by atoms with Crippen LogP contribution < -0.4 is 31.0 Å². The summed E-state index contributed by atoms with van der Waals surface area (Å²) in [7, 11) is 4.50. The van der Waals surface area contributed by atoms with E-state index in [0.29, 0.717) is 27.7 Å². The highest BCUT2D eigenvalue weighted by Crippen LogP contribution is 2.47. The molecule has 0 aliphatic heterocycles. The molecule has 0 unspecified atom stereocenters. The van der Waals surface area contributed by atoms with E-state index < -0.39 is 11.9 Å². The summed E-state index contributed by atoms with van der Waals surface area (Å²) in [5.74, 6) is 0.664. The van der Waals surface area contributed by atoms with Crippen molar-refractivity contribution in [2.24, 2.45) is 11.5 Å². The number of ether oxygens (including phenoxy) is 3. The number of hydrogen-bond acceptors (Lipinski definition) is 6. The summed E-state index contributed by atoms with van der Waals surface area (Å²) < 4.78 is 16.0. The van der Waals surface area contributed by atoms with E-state index in [0.717, 1.165) is 11.3 Å². The highest BCUT2D eigenvalue weighted by Gasteiger charge is 2.21. The minimum atomic E-state index is -0.787. The standard InChI is InChI=1S/C15H17N3O5S/c1-21-9-5-4-7(11(22-2)12(9)23-3)10-6-8(13(16)19)14(24-10)18-15(17)20/h4-6H,1-3H3,(H2,16,19)(H3,17,18,20). The van der Waals surface area contributed by atoms with Gasteiger partial charge >= 0.3 is 6.03 Å². The average Bonchev–Trinajstić information content (AvgIpc) is 2.96. The second kappa shape index (κ2) is 7.09. The zero-order valence-electron chi connectivity index (χ0n) is 13.3. The largest absolute Gasteiger partial charge is 0.493 e. The first-order valence-corrected chi connectivity index (χ1v) is 7.54. The number of nitrogens with one attached hydrogen (secondary N) is 1. The van der Waals surface area contributed by atoms with Gasteiger partial charge in [0.15, 0.2) is 11.5 Å². The molecule has 0 spiro atoms. The Labute approximate surface area is 142 Å². The maximum Gasteiger partial charge on any atom is 0.317 e. The van der Waals surface area contributed by atoms with Crippen molar-refractivity contribution >= 4 is 28.3 Å². The van der Waals surface area contributed by atoms with Crippen molar-refractivity contribution in [1.82, 2.24) is 0 Å². The molecule has 2 rings (SSSR count). The minimum Gasteiger partial charge on any atom is -0.493 e. The fraction of sp³-hybridized carbons (Fsp3) is 0.200. The molecule has 2 aromatic rings. The van der Waals surface area contributed by atoms with E-state index in [1.807, 2.05) is 0 Å². The molecule has 0 fully saturated rings. The Kier molecular flexibility index (Phi) is 5.14. The van der Waals surface area contributed by atoms with E-state index >= 15 is 0 Å². The number of primary amides is 2. The third-order valence-corrected chi connectivity index (χ3v) is 4.29. The zero-order valence-corrected chi connectivity index (χ0v) is 14.2. The molecule has 0 saturated heterocycles. The smallest absolute Gasteiger partial charge is 0.317 e. The molecule has 0 aliphatic rings. The number of benzene rings is 1. The number of hydrogen-bond donors (Lipinski definition) is 3. The van der Waals surface area contributed by atoms with Gasteiger partial charge in [0.2, 0.25) is 5.75 Å². The first-order valence-electron chi connectivity index (χ1n) is 6.72. The van der Waals surface area contributed by atoms with Crippen LogP contribution in [-0.4, -0.2) is 33.3 Å². The molecule has 3 amide bonds. The number of rotatable bonds is 6. The van der Waals surface area contributed by atoms with Crippen molar-refractivity contribution in [3.8, 4) is 27.7 Å². The highest BCUT2D eigenvalue weighted by atomic mass is 32.1. The van der Waals surface area contributed by atoms with Crippen molar-refractivity contribution in [1.29, 1.82) is 0 Å². The van der Waals surface area contributed by atoms with E-state index in [2.05, 4.69) is 5.32 Å². The van der Waals surface area contributed by atoms with E-state index in [9.17, 15) is 9.59 Å². The van der Waals surface area contributed by atoms with E-state index in [1.54, 1.807) is 18.2 Å². The second-order valence-electron chi connectivity index (χ2n) is 4.59. The summed E-state index contributed by atoms with van der Waals surface area (Å²) in [6, 6.07) is 4.24. The zero-order chi connectivity index (χ0) is 17.9. The van der Waals surface area contributed by atoms with Gasteiger partial charge in [-0.1, -0.05) is 0 Å². The second-order valence-corrected chi connectivity index (χ2v) is 5.64. The van der Waals surface area contributed by atoms with Gasteiger partial charge in [-0.3, -0.25) is 10.1 Å². The molecule has 0 bridgehead atoms. The van der Waals surface area contributed by atoms with Gasteiger partial charge < -0.3 is 25.7 Å². The Balaban J connectivity index is 2.63. The molecule has 8 nitrogen and oxygen atoms in total. The van der Waals surface area contributed by atoms with Crippen molar-refractivity contribution in [3.63, 3.8) is 0 Å². The van der Waals surface area contributed by atoms with Crippen molar-refractivity contribution in [2.75, 3.05) is 26.6 Å². The number of anilines is 1. The van der Waals surface area contributed by atoms with E-state index in [4.69, 9.17) is 25.7 Å². The Hall–Kier alpha value is -2.94. The van der Waals surface area contributed by atoms with Crippen molar-refractivity contribution in [3.05, 3.63) is 23.8 Å². The monoisotopic (exact) mass is 351 g/mol. The minimum absolute atomic E-state index is 0.158. The van der Waals surface area contributed by atoms with Crippen LogP contribution in [0.3, 0.4) is 0 Å². The van der Waals surface area contributed by atoms with Gasteiger partial charge in [0.1, 0.15) is 5.00 Å². The SMILES string of the molecule is COc1ccc(-c2cc(C(N)=O)c(NC(N)=O)s2)c(OC)c1OC. The number of methoxy groups -OCH3 is 3. The fourth-order valence-corrected chi connectivity index (χ4v) is 3.30. The summed E-state index contributed by atoms with van der Waals surface area (Å²) in [6.45, 7) is 0. The highest BCUT2D eigenvalue weighted by molar-refractivity contribution is 7.20. The van der Waals surface area contributed by atoms with E-state index in [-0.39, 0.29) is 10.6 Å². The summed E-state index contributed by atoms with van der Waals surface area (Å²) in [5.41, 5.74) is 11.3. The summed E-state index contributed by atoms with van der Waals surface area (Å²) in [5, 5.41) is 2.66. The van der Waals surface area contributed by atoms with Crippen molar-refractivity contribution < 1.29 is 23.8 Å². The molecule has 5 N–H and O–H groups in total. The lowest BCUT2D eigenvalue weighted by Gasteiger charge is -2.14. The van der Waals surface area contributed by atoms with Crippen LogP contribution in [-0.2, 0) is 0 Å². The normalized spacial score (nSPS) is 10.1. The quantitative estimate of drug-likeness (QED) is 0.734. The molecule has 0 radical (unpaired) electrons. The van der Waals surface area contributed by atoms with Gasteiger partial charge in [0, 0.05) is 10.4 Å². The number of urea groups is 1. The van der Waals surface area contributed by atoms with Gasteiger partial charge in [-0.25, -0.2) is 4.79 Å². The summed E-state index contributed by atoms with van der Waals surface area (Å²) in [4.78, 5) is 23.3. The third kappa shape index (κ3) is 3.20. The molecule has 1 heterocycles. The van der Waals surface area contributed by atoms with Gasteiger partial charge in [0.25, 0.3) is 5.91 Å². The van der Waals surface area contributed by atoms with Crippen LogP contribution >= 0.6 is 11.3 Å². The van der Waals surface area contributed by atoms with Gasteiger partial charge in [-0.15, -0.1) is 11.3 Å². The Morgan fingerprint density at radius 3 is 2.21 bits per heavy atom. The molecule has 128 valence electrons. The number of thiophene rings is 1. The van der Waals surface area contributed by atoms with Crippen LogP contribution in [0, 0.1) is 0 Å². The van der Waals surface area contributed by atoms with Gasteiger partial charge in [-0.2, -0.15) is 0 Å². The first kappa shape index (κ1) is 17.4. The summed E-state index contributed by atoms with van der Waals surface area (Å²) in [6.07, 6.45) is 0. The molecular formula is C15H17N3O5S. The molecule has 0 aliphatic carbocycles. The third-order valence-electron chi connectivity index (χ3n) is 3.20. The molecule has 24 heavy (non-hydrogen) atoms. The number of amides is 3. The summed E-state index contributed by atoms with van der Waals surface area (Å²) >= 11 is 1.14. The fourth-order valence-electron chi connectivity index (χ4n) is 2.21. The molecule has 1 aromatic heterocycles. The topological polar surface area (TPSA) is 126 Å². The number of nitrogens with two attached hydrogens (primary N) is 2. The van der Waals surface area contributed by atoms with Crippen LogP contribution in [0.2, 0.25) is 0 Å². The molecule has 9 heteroatoms. The Morgan fingerprint density at radius 2 is 1.71 bits per heavy atom. The van der Waals surface area contributed by atoms with Crippen LogP contribution in [0.25, 0.3) is 10.4 Å². The van der Waals surface area contributed by atoms with Crippen molar-refractivity contribution in [2.45, 2.75) is 0 Å². The molecule has 0 atom stereocenters. The maximum atomic E-state index is 11.6. The van der Waals surface area contributed by atoms with E-state index in [1.165, 1.54) is 21.3 Å². The Morgan fingerprint density at radius 1 is 1.04 bits per heavy atom. The number of carbonyl (C=O) groups excluding carboxylic acids is 2. The lowest BCUT2D eigenvalue weighted by molar-refractivity contribution is 0.100. The first-order chi connectivity index (χ1) is 11.4. The van der Waals surface area contributed by atoms with Crippen LogP contribution in [0.1, 0.15) is 10.4 Å². The van der Waals surface area contributed by atoms with Crippen LogP contribution in [0.15, 0.2) is 18.2 Å². The lowest BCUT2D eigenvalue weighted by atomic mass is 10.1. The van der Waals surface area contributed by atoms with Crippen LogP contribution in [0.5, 0.6) is 17.2 Å². The maximum absolute atomic E-state index is 11.6. The van der Waals surface area contributed by atoms with Gasteiger partial charge in [-0.05, 0) is 18.2 Å². The molecule has 0 saturated carbocycles. The number of carbonyl (C=O) groups is 2. The lowest BCUT2D eigenvalue weighted by Crippen LogP contribution is -2.21. The molecule has 1 aromatic carbocycles. The Bertz CT molecular complexity index is 788. The van der Waals surface area contributed by atoms with Gasteiger partial charge in [0.05, 0.1) is 26.9 Å². The molecular weight excluding hydrogens is 334 g/mol.